The lowest BCUT2D eigenvalue weighted by molar-refractivity contribution is -0.384. The van der Waals surface area contributed by atoms with E-state index in [1.54, 1.807) is 13.2 Å². The molecule has 1 aromatic heterocycles. The van der Waals surface area contributed by atoms with Crippen molar-refractivity contribution in [3.63, 3.8) is 0 Å². The molecule has 1 N–H and O–H groups in total. The maximum Gasteiger partial charge on any atom is 0.271 e. The van der Waals surface area contributed by atoms with E-state index in [2.05, 4.69) is 9.98 Å². The summed E-state index contributed by atoms with van der Waals surface area (Å²) in [6.07, 6.45) is 1.44. The van der Waals surface area contributed by atoms with Crippen LogP contribution in [0.1, 0.15) is 5.69 Å². The van der Waals surface area contributed by atoms with Gasteiger partial charge in [-0.05, 0) is 30.3 Å². The summed E-state index contributed by atoms with van der Waals surface area (Å²) in [6.45, 7) is 0. The zero-order valence-corrected chi connectivity index (χ0v) is 13.9. The van der Waals surface area contributed by atoms with Gasteiger partial charge in [0.25, 0.3) is 5.69 Å². The highest BCUT2D eigenvalue weighted by atomic mass is 16.6. The molecular weight excluding hydrogens is 334 g/mol. The van der Waals surface area contributed by atoms with Gasteiger partial charge >= 0.3 is 0 Å². The first-order valence-corrected chi connectivity index (χ1v) is 7.70. The number of para-hydroxylation sites is 1. The summed E-state index contributed by atoms with van der Waals surface area (Å²) < 4.78 is 5.35. The molecule has 0 aliphatic heterocycles. The SMILES string of the molecule is COc1ccccc1-c1cccc(/C=N/c2cc([N+](=O)[O-])ccc2O)n1. The van der Waals surface area contributed by atoms with Crippen molar-refractivity contribution >= 4 is 17.6 Å². The van der Waals surface area contributed by atoms with Crippen LogP contribution in [0.3, 0.4) is 0 Å². The maximum absolute atomic E-state index is 10.8. The van der Waals surface area contributed by atoms with Crippen molar-refractivity contribution in [2.45, 2.75) is 0 Å². The Morgan fingerprint density at radius 2 is 1.96 bits per heavy atom. The molecule has 7 heteroatoms. The van der Waals surface area contributed by atoms with Gasteiger partial charge < -0.3 is 9.84 Å². The summed E-state index contributed by atoms with van der Waals surface area (Å²) >= 11 is 0. The van der Waals surface area contributed by atoms with Gasteiger partial charge in [0, 0.05) is 17.7 Å². The second kappa shape index (κ2) is 7.43. The van der Waals surface area contributed by atoms with Crippen LogP contribution in [0.5, 0.6) is 11.5 Å². The van der Waals surface area contributed by atoms with Gasteiger partial charge in [-0.25, -0.2) is 4.98 Å². The van der Waals surface area contributed by atoms with Gasteiger partial charge in [0.2, 0.25) is 0 Å². The van der Waals surface area contributed by atoms with Gasteiger partial charge in [-0.15, -0.1) is 0 Å². The largest absolute Gasteiger partial charge is 0.506 e. The molecule has 0 amide bonds. The van der Waals surface area contributed by atoms with E-state index in [-0.39, 0.29) is 17.1 Å². The number of ether oxygens (including phenoxy) is 1. The third-order valence-electron chi connectivity index (χ3n) is 3.66. The van der Waals surface area contributed by atoms with E-state index in [0.29, 0.717) is 17.1 Å². The van der Waals surface area contributed by atoms with Gasteiger partial charge in [0.15, 0.2) is 0 Å². The average molecular weight is 349 g/mol. The molecular formula is C19H15N3O4. The quantitative estimate of drug-likeness (QED) is 0.424. The lowest BCUT2D eigenvalue weighted by Gasteiger charge is -2.07. The third kappa shape index (κ3) is 3.67. The summed E-state index contributed by atoms with van der Waals surface area (Å²) in [7, 11) is 1.59. The molecule has 0 bridgehead atoms. The first-order chi connectivity index (χ1) is 12.6. The Labute approximate surface area is 149 Å². The van der Waals surface area contributed by atoms with Gasteiger partial charge in [-0.3, -0.25) is 15.1 Å². The Hall–Kier alpha value is -3.74. The van der Waals surface area contributed by atoms with Crippen LogP contribution in [0, 0.1) is 10.1 Å². The molecule has 0 aliphatic carbocycles. The third-order valence-corrected chi connectivity index (χ3v) is 3.66. The molecule has 0 fully saturated rings. The Balaban J connectivity index is 1.93. The molecule has 3 aromatic rings. The minimum atomic E-state index is -0.543. The number of phenolic OH excluding ortho intramolecular Hbond substituents is 1. The monoisotopic (exact) mass is 349 g/mol. The van der Waals surface area contributed by atoms with Crippen molar-refractivity contribution in [3.05, 3.63) is 76.5 Å². The van der Waals surface area contributed by atoms with Crippen molar-refractivity contribution in [2.75, 3.05) is 7.11 Å². The molecule has 3 rings (SSSR count). The molecule has 1 heterocycles. The fourth-order valence-corrected chi connectivity index (χ4v) is 2.39. The van der Waals surface area contributed by atoms with E-state index in [9.17, 15) is 15.2 Å². The van der Waals surface area contributed by atoms with Gasteiger partial charge in [0.1, 0.15) is 17.2 Å². The number of phenols is 1. The van der Waals surface area contributed by atoms with Crippen molar-refractivity contribution in [1.82, 2.24) is 4.98 Å². The van der Waals surface area contributed by atoms with Crippen LogP contribution in [0.4, 0.5) is 11.4 Å². The second-order valence-corrected chi connectivity index (χ2v) is 5.34. The zero-order chi connectivity index (χ0) is 18.5. The number of aliphatic imine (C=N–C) groups is 1. The molecule has 0 atom stereocenters. The standard InChI is InChI=1S/C19H15N3O4/c1-26-19-8-3-2-6-15(19)16-7-4-5-13(21-16)12-20-17-11-14(22(24)25)9-10-18(17)23/h2-12,23H,1H3/b20-12+. The Bertz CT molecular complexity index is 986. The molecule has 0 radical (unpaired) electrons. The van der Waals surface area contributed by atoms with Crippen LogP contribution in [0.2, 0.25) is 0 Å². The van der Waals surface area contributed by atoms with Crippen LogP contribution in [-0.2, 0) is 0 Å². The number of methoxy groups -OCH3 is 1. The summed E-state index contributed by atoms with van der Waals surface area (Å²) in [5.74, 6) is 0.554. The van der Waals surface area contributed by atoms with Crippen molar-refractivity contribution in [2.24, 2.45) is 4.99 Å². The highest BCUT2D eigenvalue weighted by molar-refractivity contribution is 5.82. The number of nitro groups is 1. The number of aromatic hydroxyl groups is 1. The number of nitro benzene ring substituents is 1. The summed E-state index contributed by atoms with van der Waals surface area (Å²) in [5.41, 5.74) is 2.03. The van der Waals surface area contributed by atoms with Crippen LogP contribution in [0.25, 0.3) is 11.3 Å². The van der Waals surface area contributed by atoms with E-state index in [1.165, 1.54) is 24.4 Å². The average Bonchev–Trinajstić information content (AvgIpc) is 2.67. The molecule has 26 heavy (non-hydrogen) atoms. The van der Waals surface area contributed by atoms with Crippen LogP contribution < -0.4 is 4.74 Å². The van der Waals surface area contributed by atoms with Gasteiger partial charge in [-0.2, -0.15) is 0 Å². The lowest BCUT2D eigenvalue weighted by Crippen LogP contribution is -1.93. The van der Waals surface area contributed by atoms with Crippen LogP contribution in [-0.4, -0.2) is 28.3 Å². The molecule has 130 valence electrons. The molecule has 0 saturated heterocycles. The fourth-order valence-electron chi connectivity index (χ4n) is 2.39. The second-order valence-electron chi connectivity index (χ2n) is 5.34. The van der Waals surface area contributed by atoms with Crippen molar-refractivity contribution < 1.29 is 14.8 Å². The summed E-state index contributed by atoms with van der Waals surface area (Å²) in [6, 6.07) is 16.6. The first kappa shape index (κ1) is 17.1. The van der Waals surface area contributed by atoms with E-state index >= 15 is 0 Å². The molecule has 2 aromatic carbocycles. The van der Waals surface area contributed by atoms with Crippen LogP contribution in [0.15, 0.2) is 65.7 Å². The van der Waals surface area contributed by atoms with E-state index in [1.807, 2.05) is 36.4 Å². The Kier molecular flexibility index (Phi) is 4.89. The van der Waals surface area contributed by atoms with E-state index < -0.39 is 4.92 Å². The Morgan fingerprint density at radius 1 is 1.15 bits per heavy atom. The molecule has 7 nitrogen and oxygen atoms in total. The number of benzene rings is 2. The zero-order valence-electron chi connectivity index (χ0n) is 13.9. The normalized spacial score (nSPS) is 10.8. The number of aromatic nitrogens is 1. The number of hydrogen-bond acceptors (Lipinski definition) is 6. The van der Waals surface area contributed by atoms with Crippen molar-refractivity contribution in [3.8, 4) is 22.8 Å². The highest BCUT2D eigenvalue weighted by Gasteiger charge is 2.10. The summed E-state index contributed by atoms with van der Waals surface area (Å²) in [5, 5.41) is 20.7. The van der Waals surface area contributed by atoms with Crippen molar-refractivity contribution in [1.29, 1.82) is 0 Å². The minimum Gasteiger partial charge on any atom is -0.506 e. The number of pyridine rings is 1. The van der Waals surface area contributed by atoms with E-state index in [4.69, 9.17) is 4.74 Å². The predicted octanol–water partition coefficient (Wildman–Crippen LogP) is 4.12. The van der Waals surface area contributed by atoms with Gasteiger partial charge in [-0.1, -0.05) is 18.2 Å². The Morgan fingerprint density at radius 3 is 2.73 bits per heavy atom. The highest BCUT2D eigenvalue weighted by Crippen LogP contribution is 2.31. The molecule has 0 aliphatic rings. The predicted molar refractivity (Wildman–Crippen MR) is 98.2 cm³/mol. The number of non-ortho nitro benzene ring substituents is 1. The number of hydrogen-bond donors (Lipinski definition) is 1. The van der Waals surface area contributed by atoms with E-state index in [0.717, 1.165) is 5.56 Å². The number of nitrogens with zero attached hydrogens (tertiary/aromatic N) is 3. The maximum atomic E-state index is 10.8. The topological polar surface area (TPSA) is 97.9 Å². The molecule has 0 unspecified atom stereocenters. The minimum absolute atomic E-state index is 0.101. The molecule has 0 saturated carbocycles. The molecule has 0 spiro atoms. The lowest BCUT2D eigenvalue weighted by atomic mass is 10.1. The summed E-state index contributed by atoms with van der Waals surface area (Å²) in [4.78, 5) is 18.9. The van der Waals surface area contributed by atoms with Gasteiger partial charge in [0.05, 0.1) is 29.6 Å². The van der Waals surface area contributed by atoms with Crippen LogP contribution >= 0.6 is 0 Å². The number of rotatable bonds is 5. The smallest absolute Gasteiger partial charge is 0.271 e. The fraction of sp³-hybridized carbons (Fsp3) is 0.0526. The first-order valence-electron chi connectivity index (χ1n) is 7.70.